The van der Waals surface area contributed by atoms with E-state index in [2.05, 4.69) is 10.9 Å². The smallest absolute Gasteiger partial charge is 0.279 e. The van der Waals surface area contributed by atoms with Crippen LogP contribution in [0.5, 0.6) is 5.75 Å². The van der Waals surface area contributed by atoms with Crippen molar-refractivity contribution in [2.45, 2.75) is 26.9 Å². The number of hydrogen-bond donors (Lipinski definition) is 2. The highest BCUT2D eigenvalue weighted by atomic mass is 35.5. The van der Waals surface area contributed by atoms with E-state index in [4.69, 9.17) is 16.3 Å². The van der Waals surface area contributed by atoms with Gasteiger partial charge in [-0.1, -0.05) is 23.7 Å². The number of amides is 2. The Morgan fingerprint density at radius 2 is 1.88 bits per heavy atom. The van der Waals surface area contributed by atoms with Crippen molar-refractivity contribution in [2.75, 3.05) is 0 Å². The lowest BCUT2D eigenvalue weighted by Crippen LogP contribution is -2.47. The maximum Gasteiger partial charge on any atom is 0.279 e. The second-order valence-electron chi connectivity index (χ2n) is 5.53. The topological polar surface area (TPSA) is 67.4 Å². The summed E-state index contributed by atoms with van der Waals surface area (Å²) in [7, 11) is 0. The van der Waals surface area contributed by atoms with Gasteiger partial charge in [0.15, 0.2) is 6.10 Å². The predicted molar refractivity (Wildman–Crippen MR) is 93.0 cm³/mol. The Kier molecular flexibility index (Phi) is 5.98. The molecule has 0 heterocycles. The molecule has 0 aliphatic rings. The normalized spacial score (nSPS) is 11.6. The number of ether oxygens (including phenoxy) is 1. The lowest BCUT2D eigenvalue weighted by molar-refractivity contribution is -0.128. The fraction of sp³-hybridized carbons (Fsp3) is 0.222. The van der Waals surface area contributed by atoms with Crippen molar-refractivity contribution in [1.29, 1.82) is 0 Å². The van der Waals surface area contributed by atoms with Gasteiger partial charge in [0.2, 0.25) is 0 Å². The average molecular weight is 365 g/mol. The maximum atomic E-state index is 13.6. The molecule has 0 radical (unpaired) electrons. The summed E-state index contributed by atoms with van der Waals surface area (Å²) in [6.07, 6.45) is -0.856. The Bertz CT molecular complexity index is 811. The molecule has 132 valence electrons. The van der Waals surface area contributed by atoms with Crippen molar-refractivity contribution in [3.63, 3.8) is 0 Å². The van der Waals surface area contributed by atoms with E-state index in [1.54, 1.807) is 13.0 Å². The van der Waals surface area contributed by atoms with Gasteiger partial charge in [0.1, 0.15) is 11.6 Å². The third-order valence-electron chi connectivity index (χ3n) is 3.70. The minimum Gasteiger partial charge on any atom is -0.481 e. The molecule has 0 saturated heterocycles. The molecule has 1 atom stereocenters. The monoisotopic (exact) mass is 364 g/mol. The number of benzene rings is 2. The van der Waals surface area contributed by atoms with E-state index in [0.29, 0.717) is 5.75 Å². The first-order chi connectivity index (χ1) is 11.8. The van der Waals surface area contributed by atoms with Crippen LogP contribution >= 0.6 is 11.6 Å². The average Bonchev–Trinajstić information content (AvgIpc) is 2.58. The Morgan fingerprint density at radius 1 is 1.16 bits per heavy atom. The number of nitrogens with one attached hydrogen (secondary N) is 2. The lowest BCUT2D eigenvalue weighted by atomic mass is 10.1. The quantitative estimate of drug-likeness (QED) is 0.818. The van der Waals surface area contributed by atoms with Gasteiger partial charge >= 0.3 is 0 Å². The molecule has 0 aromatic heterocycles. The molecule has 0 spiro atoms. The summed E-state index contributed by atoms with van der Waals surface area (Å²) in [4.78, 5) is 24.0. The Labute approximate surface area is 150 Å². The van der Waals surface area contributed by atoms with Crippen LogP contribution in [0.4, 0.5) is 4.39 Å². The summed E-state index contributed by atoms with van der Waals surface area (Å²) in [5.74, 6) is -1.55. The molecule has 25 heavy (non-hydrogen) atoms. The van der Waals surface area contributed by atoms with Gasteiger partial charge in [-0.2, -0.15) is 0 Å². The van der Waals surface area contributed by atoms with Gasteiger partial charge in [-0.15, -0.1) is 0 Å². The van der Waals surface area contributed by atoms with Gasteiger partial charge in [0.05, 0.1) is 5.56 Å². The van der Waals surface area contributed by atoms with E-state index < -0.39 is 23.7 Å². The van der Waals surface area contributed by atoms with Crippen molar-refractivity contribution in [3.05, 3.63) is 63.9 Å². The molecule has 2 aromatic carbocycles. The van der Waals surface area contributed by atoms with E-state index >= 15 is 0 Å². The number of hydrazine groups is 1. The van der Waals surface area contributed by atoms with Gasteiger partial charge < -0.3 is 4.74 Å². The van der Waals surface area contributed by atoms with E-state index in [-0.39, 0.29) is 10.6 Å². The molecule has 0 fully saturated rings. The summed E-state index contributed by atoms with van der Waals surface area (Å²) in [6, 6.07) is 9.09. The summed E-state index contributed by atoms with van der Waals surface area (Å²) in [6.45, 7) is 5.37. The molecule has 2 aromatic rings. The third-order valence-corrected chi connectivity index (χ3v) is 3.94. The highest BCUT2D eigenvalue weighted by molar-refractivity contribution is 6.31. The zero-order valence-corrected chi connectivity index (χ0v) is 14.8. The second-order valence-corrected chi connectivity index (χ2v) is 5.96. The van der Waals surface area contributed by atoms with Crippen LogP contribution in [0.25, 0.3) is 0 Å². The van der Waals surface area contributed by atoms with Crippen LogP contribution in [0.3, 0.4) is 0 Å². The van der Waals surface area contributed by atoms with E-state index in [1.807, 2.05) is 26.0 Å². The fourth-order valence-corrected chi connectivity index (χ4v) is 2.23. The van der Waals surface area contributed by atoms with Crippen LogP contribution in [0.2, 0.25) is 5.02 Å². The Hall–Kier alpha value is -2.60. The molecule has 0 aliphatic heterocycles. The first-order valence-corrected chi connectivity index (χ1v) is 7.95. The largest absolute Gasteiger partial charge is 0.481 e. The molecule has 2 rings (SSSR count). The predicted octanol–water partition coefficient (Wildman–Crippen LogP) is 3.32. The molecule has 2 amide bonds. The molecule has 2 N–H and O–H groups in total. The minimum atomic E-state index is -0.856. The van der Waals surface area contributed by atoms with Gasteiger partial charge in [-0.05, 0) is 56.2 Å². The first kappa shape index (κ1) is 18.7. The molecular formula is C18H18ClFN2O3. The van der Waals surface area contributed by atoms with Crippen molar-refractivity contribution in [2.24, 2.45) is 0 Å². The standard InChI is InChI=1S/C18H18ClFN2O3/c1-10-5-4-6-16(11(10)2)25-12(3)17(23)21-22-18(24)14-9-13(19)7-8-15(14)20/h4-9,12H,1-3H3,(H,21,23)(H,22,24)/t12-/m0/s1. The van der Waals surface area contributed by atoms with Gasteiger partial charge in [-0.3, -0.25) is 20.4 Å². The summed E-state index contributed by atoms with van der Waals surface area (Å²) < 4.78 is 19.2. The van der Waals surface area contributed by atoms with E-state index in [9.17, 15) is 14.0 Å². The number of halogens is 2. The molecule has 0 unspecified atom stereocenters. The van der Waals surface area contributed by atoms with Crippen LogP contribution in [0.1, 0.15) is 28.4 Å². The summed E-state index contributed by atoms with van der Waals surface area (Å²) >= 11 is 5.74. The molecule has 0 saturated carbocycles. The molecular weight excluding hydrogens is 347 g/mol. The van der Waals surface area contributed by atoms with Crippen molar-refractivity contribution in [1.82, 2.24) is 10.9 Å². The number of aryl methyl sites for hydroxylation is 1. The molecule has 5 nitrogen and oxygen atoms in total. The molecule has 0 bridgehead atoms. The third kappa shape index (κ3) is 4.70. The van der Waals surface area contributed by atoms with Gasteiger partial charge in [0, 0.05) is 5.02 Å². The summed E-state index contributed by atoms with van der Waals surface area (Å²) in [5, 5.41) is 0.213. The minimum absolute atomic E-state index is 0.213. The zero-order chi connectivity index (χ0) is 18.6. The zero-order valence-electron chi connectivity index (χ0n) is 14.0. The van der Waals surface area contributed by atoms with Crippen molar-refractivity contribution >= 4 is 23.4 Å². The fourth-order valence-electron chi connectivity index (χ4n) is 2.05. The number of carbonyl (C=O) groups is 2. The summed E-state index contributed by atoms with van der Waals surface area (Å²) in [5.41, 5.74) is 6.04. The van der Waals surface area contributed by atoms with E-state index in [0.717, 1.165) is 17.2 Å². The maximum absolute atomic E-state index is 13.6. The Balaban J connectivity index is 1.96. The number of rotatable bonds is 4. The van der Waals surface area contributed by atoms with Crippen molar-refractivity contribution < 1.29 is 18.7 Å². The van der Waals surface area contributed by atoms with Crippen molar-refractivity contribution in [3.8, 4) is 5.75 Å². The van der Waals surface area contributed by atoms with Crippen LogP contribution in [-0.2, 0) is 4.79 Å². The van der Waals surface area contributed by atoms with Crippen LogP contribution < -0.4 is 15.6 Å². The van der Waals surface area contributed by atoms with Gasteiger partial charge in [-0.25, -0.2) is 4.39 Å². The van der Waals surface area contributed by atoms with Crippen LogP contribution in [0, 0.1) is 19.7 Å². The SMILES string of the molecule is Cc1cccc(O[C@@H](C)C(=O)NNC(=O)c2cc(Cl)ccc2F)c1C. The van der Waals surface area contributed by atoms with Gasteiger partial charge in [0.25, 0.3) is 11.8 Å². The van der Waals surface area contributed by atoms with Crippen LogP contribution in [0.15, 0.2) is 36.4 Å². The number of hydrogen-bond acceptors (Lipinski definition) is 3. The number of carbonyl (C=O) groups excluding carboxylic acids is 2. The lowest BCUT2D eigenvalue weighted by Gasteiger charge is -2.17. The van der Waals surface area contributed by atoms with E-state index in [1.165, 1.54) is 12.1 Å². The highest BCUT2D eigenvalue weighted by Gasteiger charge is 2.18. The Morgan fingerprint density at radius 3 is 2.60 bits per heavy atom. The second kappa shape index (κ2) is 7.98. The molecule has 7 heteroatoms. The van der Waals surface area contributed by atoms with Crippen LogP contribution in [-0.4, -0.2) is 17.9 Å². The first-order valence-electron chi connectivity index (χ1n) is 7.57. The highest BCUT2D eigenvalue weighted by Crippen LogP contribution is 2.21. The molecule has 0 aliphatic carbocycles.